The van der Waals surface area contributed by atoms with Gasteiger partial charge < -0.3 is 5.73 Å². The third-order valence-electron chi connectivity index (χ3n) is 3.15. The first-order valence-corrected chi connectivity index (χ1v) is 7.91. The quantitative estimate of drug-likeness (QED) is 0.563. The fraction of sp³-hybridized carbons (Fsp3) is 0.714. The predicted molar refractivity (Wildman–Crippen MR) is 87.0 cm³/mol. The average Bonchev–Trinajstić information content (AvgIpc) is 2.62. The molecule has 1 aromatic rings. The smallest absolute Gasteiger partial charge is 0.0918 e. The monoisotopic (exact) mass is 343 g/mol. The molecule has 0 spiro atoms. The van der Waals surface area contributed by atoms with Crippen LogP contribution in [0.2, 0.25) is 0 Å². The van der Waals surface area contributed by atoms with Crippen molar-refractivity contribution in [2.75, 3.05) is 13.1 Å². The van der Waals surface area contributed by atoms with Crippen molar-refractivity contribution < 1.29 is 0 Å². The molecule has 0 aromatic carbocycles. The van der Waals surface area contributed by atoms with E-state index in [0.29, 0.717) is 12.3 Å². The zero-order chi connectivity index (χ0) is 15.3. The number of amidine groups is 1. The molecule has 20 heavy (non-hydrogen) atoms. The van der Waals surface area contributed by atoms with Gasteiger partial charge in [-0.15, -0.1) is 0 Å². The van der Waals surface area contributed by atoms with Gasteiger partial charge >= 0.3 is 0 Å². The minimum atomic E-state index is 0.248. The molecule has 1 heterocycles. The standard InChI is InChI=1S/C14H26BrN5/c1-5-20-12(14(15)11(4)18-20)9-19(8-10(2)3)7-6-13(16)17/h10H,5-9H2,1-4H3,(H3,16,17). The van der Waals surface area contributed by atoms with Gasteiger partial charge in [0.05, 0.1) is 21.7 Å². The third-order valence-corrected chi connectivity index (χ3v) is 4.18. The zero-order valence-electron chi connectivity index (χ0n) is 12.9. The van der Waals surface area contributed by atoms with Gasteiger partial charge in [0.25, 0.3) is 0 Å². The van der Waals surface area contributed by atoms with Gasteiger partial charge in [0.15, 0.2) is 0 Å². The van der Waals surface area contributed by atoms with Crippen molar-refractivity contribution >= 4 is 21.8 Å². The summed E-state index contributed by atoms with van der Waals surface area (Å²) in [5, 5.41) is 11.9. The summed E-state index contributed by atoms with van der Waals surface area (Å²) in [7, 11) is 0. The lowest BCUT2D eigenvalue weighted by Crippen LogP contribution is -2.31. The van der Waals surface area contributed by atoms with Crippen LogP contribution in [0.1, 0.15) is 38.6 Å². The maximum absolute atomic E-state index is 7.40. The molecule has 0 aliphatic carbocycles. The maximum Gasteiger partial charge on any atom is 0.0918 e. The molecule has 0 saturated heterocycles. The lowest BCUT2D eigenvalue weighted by molar-refractivity contribution is 0.235. The molecule has 1 aromatic heterocycles. The van der Waals surface area contributed by atoms with Gasteiger partial charge in [-0.05, 0) is 35.7 Å². The van der Waals surface area contributed by atoms with E-state index in [2.05, 4.69) is 46.7 Å². The summed E-state index contributed by atoms with van der Waals surface area (Å²) >= 11 is 3.64. The number of nitrogens with two attached hydrogens (primary N) is 1. The second-order valence-electron chi connectivity index (χ2n) is 5.57. The van der Waals surface area contributed by atoms with Crippen LogP contribution in [0.4, 0.5) is 0 Å². The summed E-state index contributed by atoms with van der Waals surface area (Å²) in [6.07, 6.45) is 0.615. The molecule has 0 amide bonds. The zero-order valence-corrected chi connectivity index (χ0v) is 14.5. The van der Waals surface area contributed by atoms with Crippen molar-refractivity contribution in [3.05, 3.63) is 15.9 Å². The minimum Gasteiger partial charge on any atom is -0.388 e. The fourth-order valence-electron chi connectivity index (χ4n) is 2.26. The van der Waals surface area contributed by atoms with Crippen molar-refractivity contribution in [1.82, 2.24) is 14.7 Å². The molecule has 6 heteroatoms. The average molecular weight is 344 g/mol. The Morgan fingerprint density at radius 1 is 1.50 bits per heavy atom. The predicted octanol–water partition coefficient (Wildman–Crippen LogP) is 2.76. The summed E-state index contributed by atoms with van der Waals surface area (Å²) in [5.74, 6) is 0.831. The largest absolute Gasteiger partial charge is 0.388 e. The topological polar surface area (TPSA) is 70.9 Å². The van der Waals surface area contributed by atoms with E-state index in [9.17, 15) is 0 Å². The highest BCUT2D eigenvalue weighted by molar-refractivity contribution is 9.10. The Hall–Kier alpha value is -0.880. The van der Waals surface area contributed by atoms with Gasteiger partial charge in [-0.3, -0.25) is 15.0 Å². The number of nitrogens with zero attached hydrogens (tertiary/aromatic N) is 3. The van der Waals surface area contributed by atoms with Crippen LogP contribution in [-0.2, 0) is 13.1 Å². The van der Waals surface area contributed by atoms with Crippen molar-refractivity contribution in [3.8, 4) is 0 Å². The van der Waals surface area contributed by atoms with Crippen LogP contribution in [0.25, 0.3) is 0 Å². The van der Waals surface area contributed by atoms with E-state index in [1.165, 1.54) is 5.69 Å². The van der Waals surface area contributed by atoms with Crippen molar-refractivity contribution in [2.24, 2.45) is 11.7 Å². The van der Waals surface area contributed by atoms with E-state index >= 15 is 0 Å². The molecule has 1 rings (SSSR count). The maximum atomic E-state index is 7.40. The molecule has 0 bridgehead atoms. The number of aromatic nitrogens is 2. The van der Waals surface area contributed by atoms with Gasteiger partial charge in [-0.25, -0.2) is 0 Å². The Kier molecular flexibility index (Phi) is 6.68. The summed E-state index contributed by atoms with van der Waals surface area (Å²) in [6.45, 7) is 12.0. The molecule has 0 unspecified atom stereocenters. The number of rotatable bonds is 8. The van der Waals surface area contributed by atoms with Crippen molar-refractivity contribution in [2.45, 2.75) is 47.2 Å². The Bertz CT molecular complexity index is 453. The summed E-state index contributed by atoms with van der Waals surface area (Å²) < 4.78 is 3.14. The van der Waals surface area contributed by atoms with Crippen molar-refractivity contribution in [1.29, 1.82) is 5.41 Å². The van der Waals surface area contributed by atoms with Crippen LogP contribution in [0.3, 0.4) is 0 Å². The minimum absolute atomic E-state index is 0.248. The summed E-state index contributed by atoms with van der Waals surface area (Å²) in [4.78, 5) is 2.35. The molecule has 0 atom stereocenters. The van der Waals surface area contributed by atoms with Gasteiger partial charge in [0, 0.05) is 32.6 Å². The Morgan fingerprint density at radius 2 is 2.15 bits per heavy atom. The molecule has 114 valence electrons. The normalized spacial score (nSPS) is 11.6. The first-order valence-electron chi connectivity index (χ1n) is 7.12. The Balaban J connectivity index is 2.85. The molecule has 0 radical (unpaired) electrons. The molecule has 0 fully saturated rings. The highest BCUT2D eigenvalue weighted by Gasteiger charge is 2.16. The van der Waals surface area contributed by atoms with Crippen LogP contribution in [0, 0.1) is 18.3 Å². The van der Waals surface area contributed by atoms with E-state index in [1.54, 1.807) is 0 Å². The van der Waals surface area contributed by atoms with Crippen LogP contribution < -0.4 is 5.73 Å². The van der Waals surface area contributed by atoms with E-state index in [0.717, 1.165) is 36.3 Å². The molecular weight excluding hydrogens is 318 g/mol. The van der Waals surface area contributed by atoms with E-state index < -0.39 is 0 Å². The number of nitrogens with one attached hydrogen (secondary N) is 1. The van der Waals surface area contributed by atoms with Crippen LogP contribution in [0.15, 0.2) is 4.47 Å². The second kappa shape index (κ2) is 7.78. The number of aryl methyl sites for hydroxylation is 2. The van der Waals surface area contributed by atoms with Gasteiger partial charge in [-0.1, -0.05) is 13.8 Å². The second-order valence-corrected chi connectivity index (χ2v) is 6.36. The van der Waals surface area contributed by atoms with Gasteiger partial charge in [-0.2, -0.15) is 5.10 Å². The lowest BCUT2D eigenvalue weighted by Gasteiger charge is -2.24. The van der Waals surface area contributed by atoms with E-state index in [4.69, 9.17) is 11.1 Å². The molecule has 3 N–H and O–H groups in total. The van der Waals surface area contributed by atoms with Gasteiger partial charge in [0.1, 0.15) is 0 Å². The SMILES string of the molecule is CCn1nc(C)c(Br)c1CN(CCC(=N)N)CC(C)C. The highest BCUT2D eigenvalue weighted by Crippen LogP contribution is 2.23. The first-order chi connectivity index (χ1) is 9.35. The number of hydrogen-bond acceptors (Lipinski definition) is 3. The van der Waals surface area contributed by atoms with E-state index in [1.807, 2.05) is 11.6 Å². The lowest BCUT2D eigenvalue weighted by atomic mass is 10.2. The number of hydrogen-bond donors (Lipinski definition) is 2. The Morgan fingerprint density at radius 3 is 2.65 bits per heavy atom. The molecule has 0 saturated carbocycles. The van der Waals surface area contributed by atoms with Crippen LogP contribution in [0.5, 0.6) is 0 Å². The molecule has 5 nitrogen and oxygen atoms in total. The molecule has 0 aliphatic rings. The summed E-state index contributed by atoms with van der Waals surface area (Å²) in [5.41, 5.74) is 7.71. The van der Waals surface area contributed by atoms with E-state index in [-0.39, 0.29) is 5.84 Å². The third kappa shape index (κ3) is 4.90. The first kappa shape index (κ1) is 17.2. The van der Waals surface area contributed by atoms with Gasteiger partial charge in [0.2, 0.25) is 0 Å². The summed E-state index contributed by atoms with van der Waals surface area (Å²) in [6, 6.07) is 0. The van der Waals surface area contributed by atoms with Crippen LogP contribution in [-0.4, -0.2) is 33.6 Å². The Labute approximate surface area is 130 Å². The molecule has 0 aliphatic heterocycles. The number of halogens is 1. The van der Waals surface area contributed by atoms with Crippen LogP contribution >= 0.6 is 15.9 Å². The van der Waals surface area contributed by atoms with Crippen molar-refractivity contribution in [3.63, 3.8) is 0 Å². The molecular formula is C14H26BrN5. The highest BCUT2D eigenvalue weighted by atomic mass is 79.9. The fourth-order valence-corrected chi connectivity index (χ4v) is 2.67.